The lowest BCUT2D eigenvalue weighted by Gasteiger charge is -2.14. The van der Waals surface area contributed by atoms with Gasteiger partial charge in [0.05, 0.1) is 18.4 Å². The van der Waals surface area contributed by atoms with Crippen molar-refractivity contribution >= 4 is 29.0 Å². The van der Waals surface area contributed by atoms with E-state index < -0.39 is 0 Å². The molecule has 174 valence electrons. The number of amides is 1. The minimum absolute atomic E-state index is 0.0899. The summed E-state index contributed by atoms with van der Waals surface area (Å²) in [6.45, 7) is 4.94. The fourth-order valence-corrected chi connectivity index (χ4v) is 4.21. The van der Waals surface area contributed by atoms with Crippen molar-refractivity contribution in [2.24, 2.45) is 0 Å². The molecule has 0 aliphatic heterocycles. The Morgan fingerprint density at radius 2 is 1.62 bits per heavy atom. The predicted molar refractivity (Wildman–Crippen MR) is 137 cm³/mol. The number of carbonyl (C=O) groups excluding carboxylic acids is 1. The van der Waals surface area contributed by atoms with Crippen LogP contribution in [0.5, 0.6) is 5.75 Å². The highest BCUT2D eigenvalue weighted by Gasteiger charge is 2.21. The topological polar surface area (TPSA) is 81.1 Å². The molecule has 0 radical (unpaired) electrons. The largest absolute Gasteiger partial charge is 0.494 e. The van der Waals surface area contributed by atoms with Crippen LogP contribution in [0.15, 0.2) is 90.1 Å². The van der Waals surface area contributed by atoms with E-state index in [-0.39, 0.29) is 11.2 Å². The van der Waals surface area contributed by atoms with Crippen LogP contribution in [0.4, 0.5) is 11.4 Å². The maximum absolute atomic E-state index is 12.7. The zero-order valence-corrected chi connectivity index (χ0v) is 20.0. The summed E-state index contributed by atoms with van der Waals surface area (Å²) in [5.41, 5.74) is 2.66. The number of benzene rings is 3. The number of para-hydroxylation sites is 2. The molecule has 2 N–H and O–H groups in total. The Morgan fingerprint density at radius 3 is 2.29 bits per heavy atom. The van der Waals surface area contributed by atoms with Crippen LogP contribution in [-0.2, 0) is 11.3 Å². The number of aromatic nitrogens is 3. The first kappa shape index (κ1) is 23.4. The van der Waals surface area contributed by atoms with Crippen LogP contribution in [0, 0.1) is 0 Å². The maximum Gasteiger partial charge on any atom is 0.237 e. The fraction of sp³-hybridized carbons (Fsp3) is 0.192. The highest BCUT2D eigenvalue weighted by molar-refractivity contribution is 8.00. The predicted octanol–water partition coefficient (Wildman–Crippen LogP) is 5.40. The minimum Gasteiger partial charge on any atom is -0.494 e. The lowest BCUT2D eigenvalue weighted by atomic mass is 10.3. The van der Waals surface area contributed by atoms with Crippen LogP contribution in [0.25, 0.3) is 5.69 Å². The average molecular weight is 474 g/mol. The number of rotatable bonds is 10. The normalized spacial score (nSPS) is 11.6. The Hall–Kier alpha value is -3.78. The van der Waals surface area contributed by atoms with E-state index in [4.69, 9.17) is 4.74 Å². The molecular formula is C26H27N5O2S. The molecule has 1 aromatic heterocycles. The number of thioether (sulfide) groups is 1. The van der Waals surface area contributed by atoms with Crippen molar-refractivity contribution < 1.29 is 9.53 Å². The molecule has 8 heteroatoms. The summed E-state index contributed by atoms with van der Waals surface area (Å²) in [5.74, 6) is 1.49. The van der Waals surface area contributed by atoms with Crippen LogP contribution >= 0.6 is 11.8 Å². The van der Waals surface area contributed by atoms with Crippen LogP contribution in [0.3, 0.4) is 0 Å². The summed E-state index contributed by atoms with van der Waals surface area (Å²) >= 11 is 1.38. The van der Waals surface area contributed by atoms with E-state index in [1.165, 1.54) is 11.8 Å². The molecule has 1 heterocycles. The zero-order chi connectivity index (χ0) is 23.8. The number of carbonyl (C=O) groups is 1. The monoisotopic (exact) mass is 473 g/mol. The van der Waals surface area contributed by atoms with Crippen molar-refractivity contribution in [2.75, 3.05) is 17.2 Å². The van der Waals surface area contributed by atoms with Crippen molar-refractivity contribution in [2.45, 2.75) is 30.8 Å². The number of nitrogens with zero attached hydrogens (tertiary/aromatic N) is 3. The molecule has 0 aliphatic rings. The number of hydrogen-bond acceptors (Lipinski definition) is 6. The van der Waals surface area contributed by atoms with Crippen molar-refractivity contribution in [1.82, 2.24) is 14.8 Å². The van der Waals surface area contributed by atoms with Gasteiger partial charge in [-0.2, -0.15) is 0 Å². The summed E-state index contributed by atoms with van der Waals surface area (Å²) in [7, 11) is 0. The first-order chi connectivity index (χ1) is 16.6. The van der Waals surface area contributed by atoms with E-state index in [0.29, 0.717) is 18.3 Å². The molecule has 34 heavy (non-hydrogen) atoms. The van der Waals surface area contributed by atoms with Gasteiger partial charge in [-0.05, 0) is 62.4 Å². The molecule has 0 saturated carbocycles. The lowest BCUT2D eigenvalue weighted by molar-refractivity contribution is -0.115. The Morgan fingerprint density at radius 1 is 0.941 bits per heavy atom. The zero-order valence-electron chi connectivity index (χ0n) is 19.1. The summed E-state index contributed by atoms with van der Waals surface area (Å²) in [4.78, 5) is 12.7. The van der Waals surface area contributed by atoms with Crippen LogP contribution < -0.4 is 15.4 Å². The van der Waals surface area contributed by atoms with Gasteiger partial charge in [0.1, 0.15) is 5.75 Å². The Bertz CT molecular complexity index is 1200. The molecule has 1 unspecified atom stereocenters. The highest BCUT2D eigenvalue weighted by atomic mass is 32.2. The lowest BCUT2D eigenvalue weighted by Crippen LogP contribution is -2.23. The van der Waals surface area contributed by atoms with E-state index >= 15 is 0 Å². The summed E-state index contributed by atoms with van der Waals surface area (Å²) < 4.78 is 7.49. The van der Waals surface area contributed by atoms with Gasteiger partial charge in [0.2, 0.25) is 5.91 Å². The van der Waals surface area contributed by atoms with Crippen molar-refractivity contribution in [1.29, 1.82) is 0 Å². The van der Waals surface area contributed by atoms with Gasteiger partial charge in [-0.3, -0.25) is 9.36 Å². The average Bonchev–Trinajstić information content (AvgIpc) is 3.27. The van der Waals surface area contributed by atoms with E-state index in [9.17, 15) is 4.79 Å². The number of nitrogens with one attached hydrogen (secondary N) is 2. The quantitative estimate of drug-likeness (QED) is 0.300. The van der Waals surface area contributed by atoms with Gasteiger partial charge in [-0.1, -0.05) is 48.2 Å². The van der Waals surface area contributed by atoms with Gasteiger partial charge in [-0.15, -0.1) is 10.2 Å². The second-order valence-corrected chi connectivity index (χ2v) is 8.80. The molecule has 0 saturated heterocycles. The van der Waals surface area contributed by atoms with E-state index in [1.54, 1.807) is 0 Å². The smallest absolute Gasteiger partial charge is 0.237 e. The minimum atomic E-state index is -0.362. The van der Waals surface area contributed by atoms with E-state index in [0.717, 1.165) is 28.6 Å². The standard InChI is InChI=1S/C26H27N5O2S/c1-3-33-23-16-14-20(15-17-23)27-18-24-29-30-26(31(24)22-12-8-5-9-13-22)34-19(2)25(32)28-21-10-6-4-7-11-21/h4-17,19,27H,3,18H2,1-2H3,(H,28,32). The molecule has 4 aromatic rings. The van der Waals surface area contributed by atoms with Crippen LogP contribution in [-0.4, -0.2) is 32.5 Å². The third-order valence-electron chi connectivity index (χ3n) is 5.02. The van der Waals surface area contributed by atoms with Crippen molar-refractivity contribution in [3.8, 4) is 11.4 Å². The number of anilines is 2. The van der Waals surface area contributed by atoms with Crippen molar-refractivity contribution in [3.05, 3.63) is 90.8 Å². The molecule has 7 nitrogen and oxygen atoms in total. The van der Waals surface area contributed by atoms with Crippen LogP contribution in [0.2, 0.25) is 0 Å². The molecule has 3 aromatic carbocycles. The maximum atomic E-state index is 12.7. The first-order valence-corrected chi connectivity index (χ1v) is 12.0. The van der Waals surface area contributed by atoms with Gasteiger partial charge < -0.3 is 15.4 Å². The van der Waals surface area contributed by atoms with Gasteiger partial charge in [0, 0.05) is 17.1 Å². The van der Waals surface area contributed by atoms with E-state index in [1.807, 2.05) is 103 Å². The Balaban J connectivity index is 1.50. The van der Waals surface area contributed by atoms with Gasteiger partial charge in [-0.25, -0.2) is 0 Å². The molecule has 1 atom stereocenters. The second-order valence-electron chi connectivity index (χ2n) is 7.50. The Kier molecular flexibility index (Phi) is 7.83. The Labute approximate surface area is 203 Å². The van der Waals surface area contributed by atoms with Crippen LogP contribution in [0.1, 0.15) is 19.7 Å². The molecule has 4 rings (SSSR count). The first-order valence-electron chi connectivity index (χ1n) is 11.1. The van der Waals surface area contributed by atoms with E-state index in [2.05, 4.69) is 20.8 Å². The molecule has 1 amide bonds. The molecule has 0 bridgehead atoms. The summed E-state index contributed by atoms with van der Waals surface area (Å²) in [6, 6.07) is 27.2. The third-order valence-corrected chi connectivity index (χ3v) is 6.07. The van der Waals surface area contributed by atoms with Gasteiger partial charge >= 0.3 is 0 Å². The van der Waals surface area contributed by atoms with Gasteiger partial charge in [0.15, 0.2) is 11.0 Å². The molecule has 0 spiro atoms. The SMILES string of the molecule is CCOc1ccc(NCc2nnc(SC(C)C(=O)Nc3ccccc3)n2-c2ccccc2)cc1. The third kappa shape index (κ3) is 5.96. The molecule has 0 aliphatic carbocycles. The molecule has 0 fully saturated rings. The highest BCUT2D eigenvalue weighted by Crippen LogP contribution is 2.27. The molecular weight excluding hydrogens is 446 g/mol. The fourth-order valence-electron chi connectivity index (χ4n) is 3.32. The van der Waals surface area contributed by atoms with Crippen molar-refractivity contribution in [3.63, 3.8) is 0 Å². The second kappa shape index (κ2) is 11.4. The number of hydrogen-bond donors (Lipinski definition) is 2. The summed E-state index contributed by atoms with van der Waals surface area (Å²) in [6.07, 6.45) is 0. The number of ether oxygens (including phenoxy) is 1. The van der Waals surface area contributed by atoms with Gasteiger partial charge in [0.25, 0.3) is 0 Å². The summed E-state index contributed by atoms with van der Waals surface area (Å²) in [5, 5.41) is 15.5.